The van der Waals surface area contributed by atoms with Crippen LogP contribution in [0.1, 0.15) is 5.56 Å². The van der Waals surface area contributed by atoms with E-state index in [-0.39, 0.29) is 17.6 Å². The number of pyridine rings is 1. The molecule has 34 heavy (non-hydrogen) atoms. The Kier molecular flexibility index (Phi) is 6.94. The number of aromatic nitrogens is 3. The van der Waals surface area contributed by atoms with E-state index >= 15 is 0 Å². The van der Waals surface area contributed by atoms with Crippen LogP contribution in [0.3, 0.4) is 0 Å². The predicted molar refractivity (Wildman–Crippen MR) is 123 cm³/mol. The van der Waals surface area contributed by atoms with Gasteiger partial charge in [0, 0.05) is 23.5 Å². The van der Waals surface area contributed by atoms with Gasteiger partial charge in [0.1, 0.15) is 16.7 Å². The van der Waals surface area contributed by atoms with E-state index in [0.29, 0.717) is 27.9 Å². The van der Waals surface area contributed by atoms with Crippen molar-refractivity contribution in [3.8, 4) is 22.9 Å². The third-order valence-electron chi connectivity index (χ3n) is 4.46. The number of nitrogens with zero attached hydrogens (tertiary/aromatic N) is 3. The van der Waals surface area contributed by atoms with Gasteiger partial charge in [-0.1, -0.05) is 23.7 Å². The lowest BCUT2D eigenvalue weighted by Crippen LogP contribution is -2.11. The highest BCUT2D eigenvalue weighted by atomic mass is 35.5. The Hall–Kier alpha value is -3.70. The minimum Gasteiger partial charge on any atom is -0.435 e. The van der Waals surface area contributed by atoms with Crippen LogP contribution in [0.15, 0.2) is 60.9 Å². The van der Waals surface area contributed by atoms with Gasteiger partial charge < -0.3 is 10.5 Å². The number of ether oxygens (including phenoxy) is 1. The van der Waals surface area contributed by atoms with E-state index in [1.807, 2.05) is 0 Å². The normalized spacial score (nSPS) is 11.8. The van der Waals surface area contributed by atoms with Crippen LogP contribution < -0.4 is 15.2 Å². The van der Waals surface area contributed by atoms with Gasteiger partial charge in [0.25, 0.3) is 0 Å². The van der Waals surface area contributed by atoms with Gasteiger partial charge in [-0.25, -0.2) is 27.9 Å². The SMILES string of the molecule is Nc1nccc(-c2cccnc2Oc2cc(F)c(NS(=O)Cc3cccc(Cl)c3)c(F)c2F)n1. The molecule has 174 valence electrons. The van der Waals surface area contributed by atoms with Gasteiger partial charge in [0.15, 0.2) is 17.4 Å². The number of hydrogen-bond donors (Lipinski definition) is 2. The Balaban J connectivity index is 1.60. The fraction of sp³-hybridized carbons (Fsp3) is 0.0455. The lowest BCUT2D eigenvalue weighted by atomic mass is 10.2. The molecule has 2 heterocycles. The maximum Gasteiger partial charge on any atom is 0.228 e. The van der Waals surface area contributed by atoms with Crippen molar-refractivity contribution in [3.63, 3.8) is 0 Å². The molecule has 4 aromatic rings. The minimum absolute atomic E-state index is 0.0169. The zero-order valence-corrected chi connectivity index (χ0v) is 18.7. The van der Waals surface area contributed by atoms with Crippen molar-refractivity contribution in [3.05, 3.63) is 89.0 Å². The summed E-state index contributed by atoms with van der Waals surface area (Å²) in [5.74, 6) is -5.36. The van der Waals surface area contributed by atoms with Crippen LogP contribution in [-0.2, 0) is 16.7 Å². The van der Waals surface area contributed by atoms with Crippen molar-refractivity contribution in [2.75, 3.05) is 10.5 Å². The van der Waals surface area contributed by atoms with Crippen LogP contribution in [0.2, 0.25) is 5.02 Å². The van der Waals surface area contributed by atoms with Gasteiger partial charge in [-0.3, -0.25) is 4.72 Å². The molecule has 0 saturated heterocycles. The Labute approximate surface area is 199 Å². The molecule has 0 aliphatic rings. The molecule has 2 aromatic carbocycles. The molecule has 4 rings (SSSR count). The van der Waals surface area contributed by atoms with E-state index in [9.17, 15) is 17.4 Å². The van der Waals surface area contributed by atoms with Gasteiger partial charge in [0.2, 0.25) is 17.6 Å². The van der Waals surface area contributed by atoms with Crippen molar-refractivity contribution >= 4 is 34.2 Å². The molecule has 0 radical (unpaired) electrons. The zero-order valence-electron chi connectivity index (χ0n) is 17.1. The van der Waals surface area contributed by atoms with Crippen LogP contribution in [-0.4, -0.2) is 19.2 Å². The summed E-state index contributed by atoms with van der Waals surface area (Å²) in [5.41, 5.74) is 5.87. The van der Waals surface area contributed by atoms with Crippen LogP contribution in [0.25, 0.3) is 11.3 Å². The molecule has 0 saturated carbocycles. The Morgan fingerprint density at radius 1 is 1.03 bits per heavy atom. The van der Waals surface area contributed by atoms with E-state index in [2.05, 4.69) is 19.7 Å². The third kappa shape index (κ3) is 5.26. The fourth-order valence-corrected chi connectivity index (χ4v) is 4.15. The second-order valence-electron chi connectivity index (χ2n) is 6.84. The predicted octanol–water partition coefficient (Wildman–Crippen LogP) is 5.26. The molecule has 0 fully saturated rings. The summed E-state index contributed by atoms with van der Waals surface area (Å²) in [7, 11) is -1.97. The van der Waals surface area contributed by atoms with Crippen molar-refractivity contribution in [2.24, 2.45) is 0 Å². The topological polar surface area (TPSA) is 103 Å². The highest BCUT2D eigenvalue weighted by Gasteiger charge is 2.23. The Bertz CT molecular complexity index is 1390. The van der Waals surface area contributed by atoms with Gasteiger partial charge in [0.05, 0.1) is 17.0 Å². The number of benzene rings is 2. The molecule has 1 unspecified atom stereocenters. The first-order valence-electron chi connectivity index (χ1n) is 9.60. The molecule has 0 aliphatic carbocycles. The monoisotopic (exact) mass is 505 g/mol. The molecular weight excluding hydrogens is 491 g/mol. The molecule has 1 atom stereocenters. The average Bonchev–Trinajstić information content (AvgIpc) is 2.80. The summed E-state index contributed by atoms with van der Waals surface area (Å²) >= 11 is 5.88. The van der Waals surface area contributed by atoms with Gasteiger partial charge in [-0.15, -0.1) is 0 Å². The van der Waals surface area contributed by atoms with E-state index < -0.39 is 39.9 Å². The van der Waals surface area contributed by atoms with E-state index in [1.54, 1.807) is 36.4 Å². The number of nitrogens with one attached hydrogen (secondary N) is 1. The largest absolute Gasteiger partial charge is 0.435 e. The van der Waals surface area contributed by atoms with Crippen LogP contribution in [0, 0.1) is 17.5 Å². The van der Waals surface area contributed by atoms with Crippen molar-refractivity contribution in [1.82, 2.24) is 15.0 Å². The summed E-state index contributed by atoms with van der Waals surface area (Å²) in [5, 5.41) is 0.415. The first-order chi connectivity index (χ1) is 16.3. The summed E-state index contributed by atoms with van der Waals surface area (Å²) in [6.07, 6.45) is 2.75. The first kappa shape index (κ1) is 23.5. The third-order valence-corrected chi connectivity index (χ3v) is 5.72. The smallest absolute Gasteiger partial charge is 0.228 e. The number of halogens is 4. The van der Waals surface area contributed by atoms with Crippen molar-refractivity contribution in [1.29, 1.82) is 0 Å². The van der Waals surface area contributed by atoms with E-state index in [1.165, 1.54) is 18.5 Å². The highest BCUT2D eigenvalue weighted by molar-refractivity contribution is 7.85. The number of hydrogen-bond acceptors (Lipinski definition) is 6. The van der Waals surface area contributed by atoms with Gasteiger partial charge in [-0.05, 0) is 35.9 Å². The molecule has 0 bridgehead atoms. The maximum absolute atomic E-state index is 14.8. The second-order valence-corrected chi connectivity index (χ2v) is 8.46. The second kappa shape index (κ2) is 10.1. The van der Waals surface area contributed by atoms with Crippen molar-refractivity contribution < 1.29 is 22.1 Å². The lowest BCUT2D eigenvalue weighted by Gasteiger charge is -2.14. The molecular formula is C22H15ClF3N5O2S. The fourth-order valence-electron chi connectivity index (χ4n) is 2.96. The van der Waals surface area contributed by atoms with Gasteiger partial charge >= 0.3 is 0 Å². The summed E-state index contributed by atoms with van der Waals surface area (Å²) in [6.45, 7) is 0. The average molecular weight is 506 g/mol. The van der Waals surface area contributed by atoms with E-state index in [0.717, 1.165) is 0 Å². The molecule has 0 aliphatic heterocycles. The standard InChI is InChI=1S/C22H15ClF3N5O2S/c23-13-4-1-3-12(9-13)11-34(32)31-20-15(24)10-17(18(25)19(20)26)33-21-14(5-2-7-28-21)16-6-8-29-22(27)30-16/h1-10,31H,11H2,(H2,27,29,30). The maximum atomic E-state index is 14.8. The number of anilines is 2. The molecule has 2 aromatic heterocycles. The Morgan fingerprint density at radius 3 is 2.62 bits per heavy atom. The van der Waals surface area contributed by atoms with Crippen LogP contribution >= 0.6 is 11.6 Å². The van der Waals surface area contributed by atoms with Crippen LogP contribution in [0.4, 0.5) is 24.8 Å². The number of nitrogen functional groups attached to an aromatic ring is 1. The van der Waals surface area contributed by atoms with E-state index in [4.69, 9.17) is 22.1 Å². The lowest BCUT2D eigenvalue weighted by molar-refractivity contribution is 0.401. The van der Waals surface area contributed by atoms with Gasteiger partial charge in [-0.2, -0.15) is 4.39 Å². The Morgan fingerprint density at radius 2 is 1.85 bits per heavy atom. The zero-order chi connectivity index (χ0) is 24.2. The number of nitrogens with two attached hydrogens (primary N) is 1. The molecule has 7 nitrogen and oxygen atoms in total. The minimum atomic E-state index is -1.97. The van der Waals surface area contributed by atoms with Crippen molar-refractivity contribution in [2.45, 2.75) is 5.75 Å². The summed E-state index contributed by atoms with van der Waals surface area (Å²) in [4.78, 5) is 11.8. The quantitative estimate of drug-likeness (QED) is 0.332. The van der Waals surface area contributed by atoms with Crippen LogP contribution in [0.5, 0.6) is 11.6 Å². The molecule has 0 amide bonds. The summed E-state index contributed by atoms with van der Waals surface area (Å²) < 4.78 is 64.0. The summed E-state index contributed by atoms with van der Waals surface area (Å²) in [6, 6.07) is 11.7. The molecule has 12 heteroatoms. The molecule has 0 spiro atoms. The number of rotatable bonds is 7. The highest BCUT2D eigenvalue weighted by Crippen LogP contribution is 2.35. The first-order valence-corrected chi connectivity index (χ1v) is 11.3. The molecule has 3 N–H and O–H groups in total.